The highest BCUT2D eigenvalue weighted by Crippen LogP contribution is 2.37. The first-order chi connectivity index (χ1) is 6.40. The molecule has 2 nitrogen and oxygen atoms in total. The van der Waals surface area contributed by atoms with Crippen LogP contribution in [0.2, 0.25) is 0 Å². The van der Waals surface area contributed by atoms with Crippen LogP contribution in [0.3, 0.4) is 0 Å². The maximum absolute atomic E-state index is 5.78. The van der Waals surface area contributed by atoms with Gasteiger partial charge in [0.05, 0.1) is 5.52 Å². The highest BCUT2D eigenvalue weighted by atomic mass is 16.5. The molecular formula is C11H11NO. The summed E-state index contributed by atoms with van der Waals surface area (Å²) in [6.07, 6.45) is 3.32. The van der Waals surface area contributed by atoms with E-state index < -0.39 is 0 Å². The highest BCUT2D eigenvalue weighted by molar-refractivity contribution is 5.87. The van der Waals surface area contributed by atoms with Gasteiger partial charge in [-0.15, -0.1) is 0 Å². The van der Waals surface area contributed by atoms with Crippen molar-refractivity contribution in [1.29, 1.82) is 0 Å². The van der Waals surface area contributed by atoms with Gasteiger partial charge in [0.1, 0.15) is 5.75 Å². The van der Waals surface area contributed by atoms with E-state index in [4.69, 9.17) is 4.74 Å². The van der Waals surface area contributed by atoms with E-state index in [-0.39, 0.29) is 6.23 Å². The van der Waals surface area contributed by atoms with Crippen molar-refractivity contribution in [3.8, 4) is 5.75 Å². The molecule has 0 spiro atoms. The average Bonchev–Trinajstić information content (AvgIpc) is 2.73. The quantitative estimate of drug-likeness (QED) is 0.646. The summed E-state index contributed by atoms with van der Waals surface area (Å²) in [5.74, 6) is 1.02. The Hall–Kier alpha value is -1.44. The van der Waals surface area contributed by atoms with Gasteiger partial charge in [-0.05, 0) is 12.1 Å². The lowest BCUT2D eigenvalue weighted by Crippen LogP contribution is -2.06. The minimum atomic E-state index is 0.204. The maximum atomic E-state index is 5.78. The molecule has 1 aromatic carbocycles. The van der Waals surface area contributed by atoms with Crippen molar-refractivity contribution in [3.63, 3.8) is 0 Å². The van der Waals surface area contributed by atoms with E-state index in [0.717, 1.165) is 12.2 Å². The molecule has 1 unspecified atom stereocenters. The zero-order valence-electron chi connectivity index (χ0n) is 7.53. The van der Waals surface area contributed by atoms with E-state index in [1.165, 1.54) is 10.9 Å². The zero-order chi connectivity index (χ0) is 8.84. The number of benzene rings is 1. The largest absolute Gasteiger partial charge is 0.468 e. The molecule has 0 amide bonds. The number of aromatic nitrogens is 1. The Morgan fingerprint density at radius 1 is 1.38 bits per heavy atom. The molecule has 1 aliphatic heterocycles. The van der Waals surface area contributed by atoms with Gasteiger partial charge in [0.25, 0.3) is 0 Å². The standard InChI is InChI=1S/C11H11NO/c1-2-10-12-7-6-8-4-3-5-9(13-10)11(8)12/h3-7,10H,2H2,1H3. The Balaban J connectivity index is 2.35. The molecule has 13 heavy (non-hydrogen) atoms. The molecule has 2 heterocycles. The molecule has 1 aliphatic rings. The Morgan fingerprint density at radius 3 is 3.15 bits per heavy atom. The van der Waals surface area contributed by atoms with Gasteiger partial charge in [-0.25, -0.2) is 0 Å². The summed E-state index contributed by atoms with van der Waals surface area (Å²) < 4.78 is 7.99. The second kappa shape index (κ2) is 2.28. The number of para-hydroxylation sites is 1. The number of hydrogen-bond donors (Lipinski definition) is 0. The lowest BCUT2D eigenvalue weighted by Gasteiger charge is -2.10. The third-order valence-corrected chi connectivity index (χ3v) is 2.63. The van der Waals surface area contributed by atoms with Crippen molar-refractivity contribution in [2.24, 2.45) is 0 Å². The topological polar surface area (TPSA) is 14.2 Å². The van der Waals surface area contributed by atoms with E-state index in [1.807, 2.05) is 12.1 Å². The summed E-state index contributed by atoms with van der Waals surface area (Å²) in [7, 11) is 0. The fraction of sp³-hybridized carbons (Fsp3) is 0.273. The van der Waals surface area contributed by atoms with Crippen molar-refractivity contribution in [3.05, 3.63) is 30.5 Å². The molecule has 0 fully saturated rings. The summed E-state index contributed by atoms with van der Waals surface area (Å²) in [5.41, 5.74) is 1.24. The third kappa shape index (κ3) is 0.777. The van der Waals surface area contributed by atoms with Crippen LogP contribution in [0.1, 0.15) is 19.6 Å². The fourth-order valence-corrected chi connectivity index (χ4v) is 2.00. The van der Waals surface area contributed by atoms with E-state index in [2.05, 4.69) is 29.8 Å². The van der Waals surface area contributed by atoms with E-state index >= 15 is 0 Å². The first-order valence-electron chi connectivity index (χ1n) is 4.66. The van der Waals surface area contributed by atoms with Crippen LogP contribution < -0.4 is 4.74 Å². The lowest BCUT2D eigenvalue weighted by atomic mass is 10.2. The van der Waals surface area contributed by atoms with Gasteiger partial charge >= 0.3 is 0 Å². The molecule has 1 atom stereocenters. The van der Waals surface area contributed by atoms with E-state index in [0.29, 0.717) is 0 Å². The van der Waals surface area contributed by atoms with Crippen LogP contribution in [0.15, 0.2) is 30.5 Å². The molecular weight excluding hydrogens is 162 g/mol. The first kappa shape index (κ1) is 7.01. The van der Waals surface area contributed by atoms with Crippen molar-refractivity contribution in [1.82, 2.24) is 4.57 Å². The van der Waals surface area contributed by atoms with Crippen LogP contribution in [0.25, 0.3) is 10.9 Å². The molecule has 2 heteroatoms. The summed E-state index contributed by atoms with van der Waals surface area (Å²) in [6, 6.07) is 8.34. The zero-order valence-corrected chi connectivity index (χ0v) is 7.53. The summed E-state index contributed by atoms with van der Waals surface area (Å²) in [6.45, 7) is 2.14. The van der Waals surface area contributed by atoms with Gasteiger partial charge in [-0.3, -0.25) is 0 Å². The molecule has 0 bridgehead atoms. The van der Waals surface area contributed by atoms with Crippen LogP contribution in [0.4, 0.5) is 0 Å². The number of rotatable bonds is 1. The van der Waals surface area contributed by atoms with Gasteiger partial charge in [0.15, 0.2) is 6.23 Å². The second-order valence-electron chi connectivity index (χ2n) is 3.40. The van der Waals surface area contributed by atoms with Crippen molar-refractivity contribution in [2.75, 3.05) is 0 Å². The number of hydrogen-bond acceptors (Lipinski definition) is 1. The average molecular weight is 173 g/mol. The van der Waals surface area contributed by atoms with E-state index in [9.17, 15) is 0 Å². The van der Waals surface area contributed by atoms with Crippen LogP contribution >= 0.6 is 0 Å². The molecule has 3 rings (SSSR count). The monoisotopic (exact) mass is 173 g/mol. The van der Waals surface area contributed by atoms with Crippen LogP contribution in [-0.4, -0.2) is 4.57 Å². The SMILES string of the molecule is CCC1Oc2cccc3ccn1c23. The van der Waals surface area contributed by atoms with Gasteiger partial charge in [0.2, 0.25) is 0 Å². The van der Waals surface area contributed by atoms with Gasteiger partial charge < -0.3 is 9.30 Å². The van der Waals surface area contributed by atoms with Gasteiger partial charge in [0, 0.05) is 18.0 Å². The van der Waals surface area contributed by atoms with Crippen molar-refractivity contribution >= 4 is 10.9 Å². The van der Waals surface area contributed by atoms with Gasteiger partial charge in [-0.2, -0.15) is 0 Å². The molecule has 66 valence electrons. The van der Waals surface area contributed by atoms with Crippen molar-refractivity contribution in [2.45, 2.75) is 19.6 Å². The van der Waals surface area contributed by atoms with Crippen LogP contribution in [-0.2, 0) is 0 Å². The number of nitrogens with zero attached hydrogens (tertiary/aromatic N) is 1. The predicted molar refractivity (Wildman–Crippen MR) is 51.9 cm³/mol. The minimum Gasteiger partial charge on any atom is -0.468 e. The molecule has 0 saturated carbocycles. The summed E-state index contributed by atoms with van der Waals surface area (Å²) in [4.78, 5) is 0. The van der Waals surface area contributed by atoms with Crippen LogP contribution in [0, 0.1) is 0 Å². The maximum Gasteiger partial charge on any atom is 0.176 e. The van der Waals surface area contributed by atoms with Crippen LogP contribution in [0.5, 0.6) is 5.75 Å². The third-order valence-electron chi connectivity index (χ3n) is 2.63. The van der Waals surface area contributed by atoms with Crippen molar-refractivity contribution < 1.29 is 4.74 Å². The normalized spacial score (nSPS) is 19.3. The molecule has 0 aliphatic carbocycles. The van der Waals surface area contributed by atoms with E-state index in [1.54, 1.807) is 0 Å². The molecule has 2 aromatic rings. The first-order valence-corrected chi connectivity index (χ1v) is 4.66. The lowest BCUT2D eigenvalue weighted by molar-refractivity contribution is 0.156. The molecule has 0 N–H and O–H groups in total. The smallest absolute Gasteiger partial charge is 0.176 e. The highest BCUT2D eigenvalue weighted by Gasteiger charge is 2.22. The fourth-order valence-electron chi connectivity index (χ4n) is 2.00. The Bertz CT molecular complexity index is 458. The summed E-state index contributed by atoms with van der Waals surface area (Å²) in [5, 5.41) is 1.27. The number of ether oxygens (including phenoxy) is 1. The molecule has 0 saturated heterocycles. The Labute approximate surface area is 76.7 Å². The predicted octanol–water partition coefficient (Wildman–Crippen LogP) is 2.94. The minimum absolute atomic E-state index is 0.204. The second-order valence-corrected chi connectivity index (χ2v) is 3.40. The molecule has 0 radical (unpaired) electrons. The molecule has 1 aromatic heterocycles. The van der Waals surface area contributed by atoms with Gasteiger partial charge in [-0.1, -0.05) is 19.1 Å². The summed E-state index contributed by atoms with van der Waals surface area (Å²) >= 11 is 0. The Kier molecular flexibility index (Phi) is 1.23. The Morgan fingerprint density at radius 2 is 2.31 bits per heavy atom.